The molecule has 2 aromatic rings. The number of nitrogens with one attached hydrogen (secondary N) is 1. The van der Waals surface area contributed by atoms with Crippen molar-refractivity contribution in [3.05, 3.63) is 40.3 Å². The van der Waals surface area contributed by atoms with Crippen LogP contribution in [0.1, 0.15) is 10.6 Å². The van der Waals surface area contributed by atoms with Crippen LogP contribution in [0, 0.1) is 0 Å². The van der Waals surface area contributed by atoms with E-state index in [0.717, 1.165) is 4.88 Å². The first-order valence-corrected chi connectivity index (χ1v) is 7.72. The Hall–Kier alpha value is -1.15. The number of aromatic amines is 1. The van der Waals surface area contributed by atoms with E-state index in [4.69, 9.17) is 5.73 Å². The second-order valence-corrected chi connectivity index (χ2v) is 6.98. The van der Waals surface area contributed by atoms with Crippen LogP contribution in [0.3, 0.4) is 0 Å². The summed E-state index contributed by atoms with van der Waals surface area (Å²) in [6.07, 6.45) is 1.47. The van der Waals surface area contributed by atoms with Gasteiger partial charge in [-0.25, -0.2) is 8.42 Å². The molecule has 0 aliphatic heterocycles. The number of hydrogen-bond donors (Lipinski definition) is 2. The van der Waals surface area contributed by atoms with Gasteiger partial charge in [0.25, 0.3) is 0 Å². The fourth-order valence-corrected chi connectivity index (χ4v) is 3.58. The van der Waals surface area contributed by atoms with Crippen molar-refractivity contribution in [1.82, 2.24) is 9.29 Å². The summed E-state index contributed by atoms with van der Waals surface area (Å²) in [5, 5.41) is 1.93. The SMILES string of the molecule is CN(Cc1cccs1)S(=O)(=O)c1c[nH]c(CN)c1. The normalized spacial score (nSPS) is 12.2. The Morgan fingerprint density at radius 1 is 1.50 bits per heavy atom. The molecule has 0 amide bonds. The first kappa shape index (κ1) is 13.3. The van der Waals surface area contributed by atoms with Gasteiger partial charge in [-0.3, -0.25) is 0 Å². The van der Waals surface area contributed by atoms with Crippen LogP contribution < -0.4 is 5.73 Å². The zero-order chi connectivity index (χ0) is 13.2. The van der Waals surface area contributed by atoms with E-state index in [-0.39, 0.29) is 4.90 Å². The molecule has 0 fully saturated rings. The quantitative estimate of drug-likeness (QED) is 0.870. The second kappa shape index (κ2) is 5.23. The fourth-order valence-electron chi connectivity index (χ4n) is 1.57. The van der Waals surface area contributed by atoms with Crippen LogP contribution in [-0.4, -0.2) is 24.8 Å². The van der Waals surface area contributed by atoms with Crippen LogP contribution in [-0.2, 0) is 23.1 Å². The smallest absolute Gasteiger partial charge is 0.244 e. The summed E-state index contributed by atoms with van der Waals surface area (Å²) >= 11 is 1.54. The molecule has 0 unspecified atom stereocenters. The molecule has 0 saturated carbocycles. The first-order chi connectivity index (χ1) is 8.54. The van der Waals surface area contributed by atoms with Gasteiger partial charge in [-0.15, -0.1) is 11.3 Å². The molecule has 7 heteroatoms. The summed E-state index contributed by atoms with van der Waals surface area (Å²) in [4.78, 5) is 4.11. The third-order valence-corrected chi connectivity index (χ3v) is 5.25. The Kier molecular flexibility index (Phi) is 3.86. The topological polar surface area (TPSA) is 79.2 Å². The lowest BCUT2D eigenvalue weighted by Gasteiger charge is -2.15. The Labute approximate surface area is 110 Å². The molecule has 2 rings (SSSR count). The maximum absolute atomic E-state index is 12.3. The maximum Gasteiger partial charge on any atom is 0.244 e. The van der Waals surface area contributed by atoms with E-state index in [1.54, 1.807) is 13.1 Å². The lowest BCUT2D eigenvalue weighted by Crippen LogP contribution is -2.25. The van der Waals surface area contributed by atoms with E-state index in [1.165, 1.54) is 21.8 Å². The maximum atomic E-state index is 12.3. The summed E-state index contributed by atoms with van der Waals surface area (Å²) in [7, 11) is -1.88. The number of hydrogen-bond acceptors (Lipinski definition) is 4. The molecule has 0 saturated heterocycles. The fraction of sp³-hybridized carbons (Fsp3) is 0.273. The molecule has 0 aliphatic carbocycles. The second-order valence-electron chi connectivity index (χ2n) is 3.91. The Balaban J connectivity index is 2.19. The molecule has 3 N–H and O–H groups in total. The van der Waals surface area contributed by atoms with Crippen LogP contribution >= 0.6 is 11.3 Å². The van der Waals surface area contributed by atoms with Gasteiger partial charge in [-0.1, -0.05) is 6.07 Å². The average Bonchev–Trinajstić information content (AvgIpc) is 2.99. The van der Waals surface area contributed by atoms with E-state index in [1.807, 2.05) is 17.5 Å². The predicted octanol–water partition coefficient (Wildman–Crippen LogP) is 1.36. The molecule has 2 heterocycles. The molecule has 0 spiro atoms. The van der Waals surface area contributed by atoms with Gasteiger partial charge in [0.2, 0.25) is 10.0 Å². The highest BCUT2D eigenvalue weighted by atomic mass is 32.2. The van der Waals surface area contributed by atoms with Crippen LogP contribution in [0.15, 0.2) is 34.7 Å². The van der Waals surface area contributed by atoms with Crippen molar-refractivity contribution >= 4 is 21.4 Å². The van der Waals surface area contributed by atoms with Crippen molar-refractivity contribution in [3.8, 4) is 0 Å². The van der Waals surface area contributed by atoms with Gasteiger partial charge in [-0.05, 0) is 17.5 Å². The minimum absolute atomic E-state index is 0.252. The Morgan fingerprint density at radius 2 is 2.28 bits per heavy atom. The van der Waals surface area contributed by atoms with Gasteiger partial charge in [0.1, 0.15) is 0 Å². The first-order valence-electron chi connectivity index (χ1n) is 5.40. The molecule has 0 aliphatic rings. The van der Waals surface area contributed by atoms with Gasteiger partial charge >= 0.3 is 0 Å². The summed E-state index contributed by atoms with van der Waals surface area (Å²) in [5.41, 5.74) is 6.16. The zero-order valence-electron chi connectivity index (χ0n) is 9.96. The van der Waals surface area contributed by atoms with Crippen LogP contribution in [0.4, 0.5) is 0 Å². The van der Waals surface area contributed by atoms with Crippen LogP contribution in [0.2, 0.25) is 0 Å². The number of nitrogens with two attached hydrogens (primary N) is 1. The molecule has 5 nitrogen and oxygen atoms in total. The minimum Gasteiger partial charge on any atom is -0.363 e. The molecule has 2 aromatic heterocycles. The average molecular weight is 285 g/mol. The van der Waals surface area contributed by atoms with E-state index in [0.29, 0.717) is 18.8 Å². The zero-order valence-corrected chi connectivity index (χ0v) is 11.6. The van der Waals surface area contributed by atoms with Crippen molar-refractivity contribution in [3.63, 3.8) is 0 Å². The largest absolute Gasteiger partial charge is 0.363 e. The lowest BCUT2D eigenvalue weighted by molar-refractivity contribution is 0.470. The van der Waals surface area contributed by atoms with Crippen LogP contribution in [0.5, 0.6) is 0 Å². The van der Waals surface area contributed by atoms with Crippen molar-refractivity contribution in [2.75, 3.05) is 7.05 Å². The summed E-state index contributed by atoms with van der Waals surface area (Å²) in [5.74, 6) is 0. The van der Waals surface area contributed by atoms with Gasteiger partial charge in [-0.2, -0.15) is 4.31 Å². The van der Waals surface area contributed by atoms with Crippen molar-refractivity contribution in [2.24, 2.45) is 5.73 Å². The number of aromatic nitrogens is 1. The molecule has 0 radical (unpaired) electrons. The van der Waals surface area contributed by atoms with Crippen LogP contribution in [0.25, 0.3) is 0 Å². The third kappa shape index (κ3) is 2.64. The third-order valence-electron chi connectivity index (χ3n) is 2.60. The standard InChI is InChI=1S/C11H15N3O2S2/c1-14(8-10-3-2-4-17-10)18(15,16)11-5-9(6-12)13-7-11/h2-5,7,13H,6,8,12H2,1H3. The van der Waals surface area contributed by atoms with Gasteiger partial charge in [0, 0.05) is 36.9 Å². The highest BCUT2D eigenvalue weighted by Gasteiger charge is 2.22. The number of rotatable bonds is 5. The molecule has 0 atom stereocenters. The molecule has 0 bridgehead atoms. The Bertz CT molecular complexity index is 602. The van der Waals surface area contributed by atoms with Gasteiger partial charge in [0.15, 0.2) is 0 Å². The summed E-state index contributed by atoms with van der Waals surface area (Å²) < 4.78 is 25.9. The van der Waals surface area contributed by atoms with Gasteiger partial charge in [0.05, 0.1) is 4.90 Å². The monoisotopic (exact) mass is 285 g/mol. The van der Waals surface area contributed by atoms with E-state index in [9.17, 15) is 8.42 Å². The van der Waals surface area contributed by atoms with E-state index < -0.39 is 10.0 Å². The summed E-state index contributed by atoms with van der Waals surface area (Å²) in [6.45, 7) is 0.674. The number of H-pyrrole nitrogens is 1. The molecule has 98 valence electrons. The lowest BCUT2D eigenvalue weighted by atomic mass is 10.4. The number of sulfonamides is 1. The molecular formula is C11H15N3O2S2. The van der Waals surface area contributed by atoms with Crippen molar-refractivity contribution in [1.29, 1.82) is 0 Å². The molecule has 18 heavy (non-hydrogen) atoms. The molecule has 0 aromatic carbocycles. The van der Waals surface area contributed by atoms with Crippen molar-refractivity contribution in [2.45, 2.75) is 18.0 Å². The van der Waals surface area contributed by atoms with Crippen molar-refractivity contribution < 1.29 is 8.42 Å². The highest BCUT2D eigenvalue weighted by Crippen LogP contribution is 2.19. The number of nitrogens with zero attached hydrogens (tertiary/aromatic N) is 1. The number of thiophene rings is 1. The Morgan fingerprint density at radius 3 is 2.83 bits per heavy atom. The summed E-state index contributed by atoms with van der Waals surface area (Å²) in [6, 6.07) is 5.39. The minimum atomic E-state index is -3.45. The van der Waals surface area contributed by atoms with Gasteiger partial charge < -0.3 is 10.7 Å². The molecular weight excluding hydrogens is 270 g/mol. The highest BCUT2D eigenvalue weighted by molar-refractivity contribution is 7.89. The van der Waals surface area contributed by atoms with E-state index in [2.05, 4.69) is 4.98 Å². The predicted molar refractivity (Wildman–Crippen MR) is 71.7 cm³/mol. The van der Waals surface area contributed by atoms with E-state index >= 15 is 0 Å².